The van der Waals surface area contributed by atoms with Crippen LogP contribution in [0.1, 0.15) is 12.5 Å². The van der Waals surface area contributed by atoms with Crippen LogP contribution in [-0.2, 0) is 11.2 Å². The third-order valence-electron chi connectivity index (χ3n) is 5.79. The average molecular weight is 365 g/mol. The summed E-state index contributed by atoms with van der Waals surface area (Å²) < 4.78 is 5.33. The summed E-state index contributed by atoms with van der Waals surface area (Å²) in [4.78, 5) is 19.7. The quantitative estimate of drug-likeness (QED) is 0.835. The number of amides is 1. The molecular formula is C22H27N3O2. The lowest BCUT2D eigenvalue weighted by Crippen LogP contribution is -2.54. The fourth-order valence-electron chi connectivity index (χ4n) is 4.12. The van der Waals surface area contributed by atoms with E-state index in [0.29, 0.717) is 0 Å². The van der Waals surface area contributed by atoms with E-state index in [4.69, 9.17) is 4.74 Å². The maximum Gasteiger partial charge on any atom is 0.244 e. The van der Waals surface area contributed by atoms with Crippen LogP contribution in [0.4, 0.5) is 11.4 Å². The standard InChI is InChI=1S/C22H27N3O2/c1-17(22(26)25-11-10-18-6-3-4-9-21(18)25)23-12-14-24(15-13-23)19-7-5-8-20(16-19)27-2/h3-9,16-17H,10-15H2,1-2H3. The summed E-state index contributed by atoms with van der Waals surface area (Å²) in [6, 6.07) is 16.3. The minimum absolute atomic E-state index is 0.0939. The molecule has 1 saturated heterocycles. The van der Waals surface area contributed by atoms with Gasteiger partial charge in [0.2, 0.25) is 5.91 Å². The van der Waals surface area contributed by atoms with Crippen LogP contribution in [0.2, 0.25) is 0 Å². The Kier molecular flexibility index (Phi) is 5.03. The van der Waals surface area contributed by atoms with Gasteiger partial charge in [-0.3, -0.25) is 9.69 Å². The van der Waals surface area contributed by atoms with E-state index in [2.05, 4.69) is 34.1 Å². The second-order valence-electron chi connectivity index (χ2n) is 7.27. The van der Waals surface area contributed by atoms with Crippen LogP contribution in [0.3, 0.4) is 0 Å². The molecular weight excluding hydrogens is 338 g/mol. The van der Waals surface area contributed by atoms with Gasteiger partial charge in [0.25, 0.3) is 0 Å². The van der Waals surface area contributed by atoms with Crippen molar-refractivity contribution in [2.24, 2.45) is 0 Å². The highest BCUT2D eigenvalue weighted by Crippen LogP contribution is 2.29. The molecule has 0 radical (unpaired) electrons. The van der Waals surface area contributed by atoms with E-state index in [1.54, 1.807) is 7.11 Å². The van der Waals surface area contributed by atoms with Gasteiger partial charge in [0.1, 0.15) is 5.75 Å². The monoisotopic (exact) mass is 365 g/mol. The summed E-state index contributed by atoms with van der Waals surface area (Å²) in [5, 5.41) is 0. The molecule has 2 aromatic rings. The molecule has 0 aromatic heterocycles. The van der Waals surface area contributed by atoms with Crippen LogP contribution in [0.5, 0.6) is 5.75 Å². The predicted molar refractivity (Wildman–Crippen MR) is 109 cm³/mol. The van der Waals surface area contributed by atoms with Crippen LogP contribution in [-0.4, -0.2) is 56.7 Å². The fraction of sp³-hybridized carbons (Fsp3) is 0.409. The first kappa shape index (κ1) is 17.9. The van der Waals surface area contributed by atoms with E-state index < -0.39 is 0 Å². The van der Waals surface area contributed by atoms with E-state index in [0.717, 1.165) is 50.6 Å². The number of hydrogen-bond acceptors (Lipinski definition) is 4. The lowest BCUT2D eigenvalue weighted by Gasteiger charge is -2.39. The molecule has 0 saturated carbocycles. The average Bonchev–Trinajstić information content (AvgIpc) is 3.17. The highest BCUT2D eigenvalue weighted by atomic mass is 16.5. The van der Waals surface area contributed by atoms with Gasteiger partial charge in [0, 0.05) is 50.2 Å². The molecule has 5 heteroatoms. The van der Waals surface area contributed by atoms with E-state index in [1.807, 2.05) is 36.1 Å². The number of piperazine rings is 1. The number of anilines is 2. The van der Waals surface area contributed by atoms with Gasteiger partial charge in [-0.1, -0.05) is 24.3 Å². The molecule has 1 amide bonds. The van der Waals surface area contributed by atoms with Gasteiger partial charge < -0.3 is 14.5 Å². The third-order valence-corrected chi connectivity index (χ3v) is 5.79. The normalized spacial score (nSPS) is 18.3. The first-order valence-electron chi connectivity index (χ1n) is 9.69. The number of hydrogen-bond donors (Lipinski definition) is 0. The first-order valence-corrected chi connectivity index (χ1v) is 9.69. The van der Waals surface area contributed by atoms with E-state index >= 15 is 0 Å². The number of carbonyl (C=O) groups excluding carboxylic acids is 1. The smallest absolute Gasteiger partial charge is 0.244 e. The fourth-order valence-corrected chi connectivity index (χ4v) is 4.12. The zero-order valence-corrected chi connectivity index (χ0v) is 16.1. The molecule has 2 aliphatic rings. The number of rotatable bonds is 4. The Bertz CT molecular complexity index is 815. The van der Waals surface area contributed by atoms with Crippen molar-refractivity contribution < 1.29 is 9.53 Å². The number of carbonyl (C=O) groups is 1. The van der Waals surface area contributed by atoms with Crippen molar-refractivity contribution in [3.05, 3.63) is 54.1 Å². The van der Waals surface area contributed by atoms with Crippen molar-refractivity contribution in [1.82, 2.24) is 4.90 Å². The van der Waals surface area contributed by atoms with E-state index in [9.17, 15) is 4.79 Å². The zero-order chi connectivity index (χ0) is 18.8. The highest BCUT2D eigenvalue weighted by molar-refractivity contribution is 5.98. The molecule has 2 heterocycles. The minimum Gasteiger partial charge on any atom is -0.497 e. The Morgan fingerprint density at radius 1 is 1.00 bits per heavy atom. The molecule has 2 aromatic carbocycles. The number of nitrogens with zero attached hydrogens (tertiary/aromatic N) is 3. The maximum atomic E-state index is 13.1. The molecule has 5 nitrogen and oxygen atoms in total. The molecule has 0 bridgehead atoms. The van der Waals surface area contributed by atoms with Gasteiger partial charge in [-0.05, 0) is 37.1 Å². The molecule has 1 atom stereocenters. The van der Waals surface area contributed by atoms with Crippen molar-refractivity contribution in [3.8, 4) is 5.75 Å². The number of fused-ring (bicyclic) bond motifs is 1. The molecule has 4 rings (SSSR count). The van der Waals surface area contributed by atoms with Crippen LogP contribution in [0.25, 0.3) is 0 Å². The van der Waals surface area contributed by atoms with Crippen molar-refractivity contribution in [2.45, 2.75) is 19.4 Å². The van der Waals surface area contributed by atoms with Crippen LogP contribution < -0.4 is 14.5 Å². The lowest BCUT2D eigenvalue weighted by atomic mass is 10.1. The second-order valence-corrected chi connectivity index (χ2v) is 7.27. The lowest BCUT2D eigenvalue weighted by molar-refractivity contribution is -0.123. The molecule has 0 spiro atoms. The van der Waals surface area contributed by atoms with Gasteiger partial charge in [-0.2, -0.15) is 0 Å². The van der Waals surface area contributed by atoms with Gasteiger partial charge in [0.05, 0.1) is 13.2 Å². The molecule has 142 valence electrons. The van der Waals surface area contributed by atoms with E-state index in [1.165, 1.54) is 11.3 Å². The summed E-state index contributed by atoms with van der Waals surface area (Å²) in [7, 11) is 1.70. The van der Waals surface area contributed by atoms with Crippen molar-refractivity contribution in [1.29, 1.82) is 0 Å². The van der Waals surface area contributed by atoms with Crippen molar-refractivity contribution in [2.75, 3.05) is 49.6 Å². The Morgan fingerprint density at radius 3 is 2.56 bits per heavy atom. The Balaban J connectivity index is 1.39. The molecule has 0 aliphatic carbocycles. The van der Waals surface area contributed by atoms with Crippen LogP contribution >= 0.6 is 0 Å². The number of ether oxygens (including phenoxy) is 1. The topological polar surface area (TPSA) is 36.0 Å². The Labute approximate surface area is 161 Å². The van der Waals surface area contributed by atoms with Gasteiger partial charge in [-0.15, -0.1) is 0 Å². The van der Waals surface area contributed by atoms with Gasteiger partial charge >= 0.3 is 0 Å². The van der Waals surface area contributed by atoms with Gasteiger partial charge in [-0.25, -0.2) is 0 Å². The van der Waals surface area contributed by atoms with Crippen LogP contribution in [0.15, 0.2) is 48.5 Å². The largest absolute Gasteiger partial charge is 0.497 e. The van der Waals surface area contributed by atoms with Crippen molar-refractivity contribution in [3.63, 3.8) is 0 Å². The second kappa shape index (κ2) is 7.61. The molecule has 1 fully saturated rings. The van der Waals surface area contributed by atoms with Gasteiger partial charge in [0.15, 0.2) is 0 Å². The summed E-state index contributed by atoms with van der Waals surface area (Å²) in [6.07, 6.45) is 0.957. The molecule has 0 N–H and O–H groups in total. The molecule has 1 unspecified atom stereocenters. The molecule has 27 heavy (non-hydrogen) atoms. The number of benzene rings is 2. The summed E-state index contributed by atoms with van der Waals surface area (Å²) in [5.41, 5.74) is 3.55. The summed E-state index contributed by atoms with van der Waals surface area (Å²) >= 11 is 0. The third kappa shape index (κ3) is 3.52. The maximum absolute atomic E-state index is 13.1. The zero-order valence-electron chi connectivity index (χ0n) is 16.1. The first-order chi connectivity index (χ1) is 13.2. The Hall–Kier alpha value is -2.53. The number of para-hydroxylation sites is 1. The number of methoxy groups -OCH3 is 1. The highest BCUT2D eigenvalue weighted by Gasteiger charge is 2.32. The summed E-state index contributed by atoms with van der Waals surface area (Å²) in [6.45, 7) is 6.46. The summed E-state index contributed by atoms with van der Waals surface area (Å²) in [5.74, 6) is 1.10. The van der Waals surface area contributed by atoms with E-state index in [-0.39, 0.29) is 11.9 Å². The molecule has 2 aliphatic heterocycles. The SMILES string of the molecule is COc1cccc(N2CCN(C(C)C(=O)N3CCc4ccccc43)CC2)c1. The van der Waals surface area contributed by atoms with Crippen LogP contribution in [0, 0.1) is 0 Å². The Morgan fingerprint density at radius 2 is 1.78 bits per heavy atom. The minimum atomic E-state index is -0.0939. The predicted octanol–water partition coefficient (Wildman–Crippen LogP) is 2.80. The van der Waals surface area contributed by atoms with Crippen molar-refractivity contribution >= 4 is 17.3 Å².